The van der Waals surface area contributed by atoms with Crippen LogP contribution in [0.1, 0.15) is 54.8 Å². The summed E-state index contributed by atoms with van der Waals surface area (Å²) in [5, 5.41) is 33.0. The van der Waals surface area contributed by atoms with Gasteiger partial charge in [0.1, 0.15) is 0 Å². The number of amides is 2. The number of rotatable bonds is 11. The lowest BCUT2D eigenvalue weighted by Gasteiger charge is -2.36. The number of carbonyl (C=O) groups is 2. The van der Waals surface area contributed by atoms with E-state index in [-0.39, 0.29) is 37.6 Å². The zero-order valence-corrected chi connectivity index (χ0v) is 21.6. The summed E-state index contributed by atoms with van der Waals surface area (Å²) in [5.41, 5.74) is 4.78. The fourth-order valence-electron chi connectivity index (χ4n) is 3.95. The Balaban J connectivity index is 1.42. The number of thioether (sulfide) groups is 1. The quantitative estimate of drug-likeness (QED) is 0.161. The lowest BCUT2D eigenvalue weighted by atomic mass is 10.0. The van der Waals surface area contributed by atoms with Gasteiger partial charge in [0.25, 0.3) is 0 Å². The van der Waals surface area contributed by atoms with Gasteiger partial charge < -0.3 is 19.9 Å². The van der Waals surface area contributed by atoms with Crippen molar-refractivity contribution >= 4 is 29.3 Å². The molecule has 2 amide bonds. The van der Waals surface area contributed by atoms with Gasteiger partial charge in [-0.15, -0.1) is 5.10 Å². The zero-order chi connectivity index (χ0) is 26.9. The van der Waals surface area contributed by atoms with E-state index in [1.165, 1.54) is 11.8 Å². The summed E-state index contributed by atoms with van der Waals surface area (Å²) in [5.74, 6) is -0.125. The molecular formula is C25H30N6O6S. The van der Waals surface area contributed by atoms with Crippen LogP contribution in [0.3, 0.4) is 0 Å². The molecule has 0 radical (unpaired) electrons. The Kier molecular flexibility index (Phi) is 9.79. The third-order valence-electron chi connectivity index (χ3n) is 5.99. The fraction of sp³-hybridized carbons (Fsp3) is 0.400. The van der Waals surface area contributed by atoms with Crippen LogP contribution in [0.15, 0.2) is 53.7 Å². The Morgan fingerprint density at radius 2 is 1.76 bits per heavy atom. The summed E-state index contributed by atoms with van der Waals surface area (Å²) >= 11 is 1.51. The Morgan fingerprint density at radius 3 is 2.42 bits per heavy atom. The molecule has 0 unspecified atom stereocenters. The molecule has 1 aromatic heterocycles. The highest BCUT2D eigenvalue weighted by molar-refractivity contribution is 7.99. The largest absolute Gasteiger partial charge is 0.392 e. The highest BCUT2D eigenvalue weighted by Crippen LogP contribution is 2.39. The Labute approximate surface area is 223 Å². The lowest BCUT2D eigenvalue weighted by Crippen LogP contribution is -2.31. The van der Waals surface area contributed by atoms with Crippen molar-refractivity contribution in [3.05, 3.63) is 65.2 Å². The number of ether oxygens (including phenoxy) is 2. The predicted octanol–water partition coefficient (Wildman–Crippen LogP) is 2.65. The van der Waals surface area contributed by atoms with Gasteiger partial charge in [0, 0.05) is 43.3 Å². The predicted molar refractivity (Wildman–Crippen MR) is 137 cm³/mol. The van der Waals surface area contributed by atoms with E-state index in [1.54, 1.807) is 29.3 Å². The third-order valence-corrected chi connectivity index (χ3v) is 7.14. The normalized spacial score (nSPS) is 19.2. The number of nitrogens with zero attached hydrogens (tertiary/aromatic N) is 4. The maximum Gasteiger partial charge on any atom is 0.243 e. The SMILES string of the molecule is Cn1nnnc1SC[C@H]1C[C@@H](c2ccc(CO)cc2)O[C@@H](c2ccc(NC(=O)CCCC(=O)NO)cc2)O1. The molecule has 4 N–H and O–H groups in total. The monoisotopic (exact) mass is 542 g/mol. The van der Waals surface area contributed by atoms with Crippen molar-refractivity contribution in [2.45, 2.75) is 55.9 Å². The molecule has 202 valence electrons. The first-order chi connectivity index (χ1) is 18.4. The van der Waals surface area contributed by atoms with Crippen LogP contribution >= 0.6 is 11.8 Å². The number of nitrogens with one attached hydrogen (secondary N) is 2. The Morgan fingerprint density at radius 1 is 1.05 bits per heavy atom. The minimum absolute atomic E-state index is 0.0244. The van der Waals surface area contributed by atoms with Crippen molar-refractivity contribution in [3.63, 3.8) is 0 Å². The van der Waals surface area contributed by atoms with Crippen LogP contribution in [0.4, 0.5) is 5.69 Å². The van der Waals surface area contributed by atoms with Gasteiger partial charge in [-0.3, -0.25) is 14.8 Å². The molecule has 0 spiro atoms. The zero-order valence-electron chi connectivity index (χ0n) is 20.8. The standard InChI is InChI=1S/C25H30N6O6S/c1-31-25(27-29-30-31)38-15-20-13-21(17-7-5-16(14-32)6-8-17)37-24(36-20)18-9-11-19(12-10-18)26-22(33)3-2-4-23(34)28-35/h5-12,20-21,24,32,35H,2-4,13-15H2,1H3,(H,26,33)(H,28,34)/t20-,21+,24+/m1/s1. The van der Waals surface area contributed by atoms with Crippen LogP contribution in [0, 0.1) is 0 Å². The number of aliphatic hydroxyl groups excluding tert-OH is 1. The maximum absolute atomic E-state index is 12.2. The first kappa shape index (κ1) is 27.7. The number of carbonyl (C=O) groups excluding carboxylic acids is 2. The molecule has 38 heavy (non-hydrogen) atoms. The summed E-state index contributed by atoms with van der Waals surface area (Å²) in [6.45, 7) is -0.0244. The number of aromatic nitrogens is 4. The molecule has 1 aliphatic heterocycles. The molecular weight excluding hydrogens is 512 g/mol. The molecule has 2 heterocycles. The molecule has 2 aromatic carbocycles. The van der Waals surface area contributed by atoms with E-state index in [1.807, 2.05) is 36.4 Å². The van der Waals surface area contributed by atoms with Gasteiger partial charge in [-0.2, -0.15) is 0 Å². The second kappa shape index (κ2) is 13.4. The van der Waals surface area contributed by atoms with Crippen molar-refractivity contribution in [2.75, 3.05) is 11.1 Å². The van der Waals surface area contributed by atoms with Crippen molar-refractivity contribution in [1.29, 1.82) is 0 Å². The molecule has 1 fully saturated rings. The van der Waals surface area contributed by atoms with Crippen LogP contribution in [-0.4, -0.2) is 54.2 Å². The number of aryl methyl sites for hydroxylation is 1. The fourth-order valence-corrected chi connectivity index (χ4v) is 4.81. The molecule has 0 aliphatic carbocycles. The van der Waals surface area contributed by atoms with Gasteiger partial charge in [0.2, 0.25) is 17.0 Å². The van der Waals surface area contributed by atoms with Crippen LogP contribution in [0.5, 0.6) is 0 Å². The summed E-state index contributed by atoms with van der Waals surface area (Å²) in [7, 11) is 1.79. The Hall–Kier alpha value is -3.36. The van der Waals surface area contributed by atoms with E-state index in [0.717, 1.165) is 16.7 Å². The average Bonchev–Trinajstić information content (AvgIpc) is 3.36. The van der Waals surface area contributed by atoms with E-state index < -0.39 is 12.2 Å². The molecule has 0 saturated carbocycles. The number of tetrazole rings is 1. The molecule has 13 heteroatoms. The molecule has 3 aromatic rings. The van der Waals surface area contributed by atoms with Crippen molar-refractivity contribution in [1.82, 2.24) is 25.7 Å². The number of hydrogen-bond donors (Lipinski definition) is 4. The number of aliphatic hydroxyl groups is 1. The van der Waals surface area contributed by atoms with Gasteiger partial charge in [0.05, 0.1) is 18.8 Å². The van der Waals surface area contributed by atoms with Crippen LogP contribution < -0.4 is 10.8 Å². The number of hydroxylamine groups is 1. The molecule has 4 rings (SSSR count). The van der Waals surface area contributed by atoms with Gasteiger partial charge in [-0.25, -0.2) is 10.2 Å². The highest BCUT2D eigenvalue weighted by Gasteiger charge is 2.32. The van der Waals surface area contributed by atoms with E-state index in [0.29, 0.717) is 29.4 Å². The summed E-state index contributed by atoms with van der Waals surface area (Å²) in [6, 6.07) is 14.9. The van der Waals surface area contributed by atoms with Crippen molar-refractivity contribution in [3.8, 4) is 0 Å². The maximum atomic E-state index is 12.2. The average molecular weight is 543 g/mol. The summed E-state index contributed by atoms with van der Waals surface area (Å²) in [4.78, 5) is 23.2. The summed E-state index contributed by atoms with van der Waals surface area (Å²) < 4.78 is 14.3. The number of benzene rings is 2. The van der Waals surface area contributed by atoms with E-state index in [9.17, 15) is 14.7 Å². The second-order valence-corrected chi connectivity index (χ2v) is 9.79. The Bertz CT molecular complexity index is 1210. The van der Waals surface area contributed by atoms with Gasteiger partial charge in [0.15, 0.2) is 6.29 Å². The van der Waals surface area contributed by atoms with E-state index >= 15 is 0 Å². The highest BCUT2D eigenvalue weighted by atomic mass is 32.2. The number of hydrogen-bond acceptors (Lipinski definition) is 10. The van der Waals surface area contributed by atoms with Gasteiger partial charge >= 0.3 is 0 Å². The van der Waals surface area contributed by atoms with E-state index in [4.69, 9.17) is 14.7 Å². The minimum Gasteiger partial charge on any atom is -0.392 e. The molecule has 3 atom stereocenters. The molecule has 1 saturated heterocycles. The molecule has 0 bridgehead atoms. The third kappa shape index (κ3) is 7.58. The smallest absolute Gasteiger partial charge is 0.243 e. The molecule has 12 nitrogen and oxygen atoms in total. The summed E-state index contributed by atoms with van der Waals surface area (Å²) in [6.07, 6.45) is 0.182. The van der Waals surface area contributed by atoms with Crippen molar-refractivity contribution in [2.24, 2.45) is 7.05 Å². The topological polar surface area (TPSA) is 161 Å². The van der Waals surface area contributed by atoms with Crippen LogP contribution in [-0.2, 0) is 32.7 Å². The minimum atomic E-state index is -0.628. The van der Waals surface area contributed by atoms with E-state index in [2.05, 4.69) is 20.8 Å². The first-order valence-corrected chi connectivity index (χ1v) is 13.1. The molecule has 1 aliphatic rings. The van der Waals surface area contributed by atoms with Gasteiger partial charge in [-0.05, 0) is 40.1 Å². The first-order valence-electron chi connectivity index (χ1n) is 12.1. The van der Waals surface area contributed by atoms with Crippen LogP contribution in [0.25, 0.3) is 0 Å². The van der Waals surface area contributed by atoms with Gasteiger partial charge in [-0.1, -0.05) is 48.2 Å². The van der Waals surface area contributed by atoms with Crippen LogP contribution in [0.2, 0.25) is 0 Å². The number of anilines is 1. The van der Waals surface area contributed by atoms with Crippen molar-refractivity contribution < 1.29 is 29.4 Å². The lowest BCUT2D eigenvalue weighted by molar-refractivity contribution is -0.245. The second-order valence-electron chi connectivity index (χ2n) is 8.80.